The normalized spacial score (nSPS) is 10.6. The van der Waals surface area contributed by atoms with E-state index in [1.165, 1.54) is 0 Å². The molecule has 0 bridgehead atoms. The molecule has 2 rings (SSSR count). The Hall–Kier alpha value is -1.58. The number of rotatable bonds is 0. The van der Waals surface area contributed by atoms with Gasteiger partial charge in [0.05, 0.1) is 0 Å². The van der Waals surface area contributed by atoms with E-state index in [0.717, 1.165) is 11.0 Å². The number of nitrogens with one attached hydrogen (secondary N) is 1. The van der Waals surface area contributed by atoms with Gasteiger partial charge in [0.1, 0.15) is 5.65 Å². The van der Waals surface area contributed by atoms with Gasteiger partial charge in [-0.1, -0.05) is 0 Å². The minimum absolute atomic E-state index is 0.306. The second kappa shape index (κ2) is 1.95. The Balaban J connectivity index is 2.98. The predicted octanol–water partition coefficient (Wildman–Crippen LogP) is 0.262. The molecule has 2 heterocycles. The van der Waals surface area contributed by atoms with Crippen LogP contribution >= 0.6 is 0 Å². The average Bonchev–Trinajstić information content (AvgIpc) is 2.33. The molecule has 0 atom stereocenters. The fraction of sp³-hybridized carbons (Fsp3) is 0.143. The van der Waals surface area contributed by atoms with Crippen molar-refractivity contribution in [3.63, 3.8) is 0 Å². The summed E-state index contributed by atoms with van der Waals surface area (Å²) in [4.78, 5) is 17.0. The van der Waals surface area contributed by atoms with Crippen molar-refractivity contribution in [2.24, 2.45) is 7.05 Å². The molecular weight excluding hydrogens is 142 g/mol. The van der Waals surface area contributed by atoms with Crippen LogP contribution in [0, 0.1) is 0 Å². The first-order chi connectivity index (χ1) is 5.27. The van der Waals surface area contributed by atoms with Crippen LogP contribution in [0.1, 0.15) is 0 Å². The molecule has 0 radical (unpaired) electrons. The average molecular weight is 149 g/mol. The van der Waals surface area contributed by atoms with Gasteiger partial charge in [-0.15, -0.1) is 0 Å². The Labute approximate surface area is 62.5 Å². The molecule has 0 saturated heterocycles. The summed E-state index contributed by atoms with van der Waals surface area (Å²) >= 11 is 0. The molecule has 0 unspecified atom stereocenters. The molecule has 4 heteroatoms. The molecule has 0 saturated carbocycles. The van der Waals surface area contributed by atoms with Crippen molar-refractivity contribution >= 4 is 11.0 Å². The van der Waals surface area contributed by atoms with Crippen molar-refractivity contribution in [2.75, 3.05) is 0 Å². The lowest BCUT2D eigenvalue weighted by atomic mass is 10.4. The van der Waals surface area contributed by atoms with Gasteiger partial charge in [-0.05, 0) is 6.07 Å². The standard InChI is InChI=1S/C7H7N3O/c1-10-3-2-5-4-8-7(11)9-6(5)10/h2-4H,1H3,(H,8,9,11). The SMILES string of the molecule is Cn1ccc2cnc(=O)[nH]c21. The van der Waals surface area contributed by atoms with Gasteiger partial charge in [-0.2, -0.15) is 0 Å². The summed E-state index contributed by atoms with van der Waals surface area (Å²) in [5.74, 6) is 0. The smallest absolute Gasteiger partial charge is 0.337 e. The van der Waals surface area contributed by atoms with Crippen LogP contribution in [0.4, 0.5) is 0 Å². The molecule has 0 amide bonds. The Morgan fingerprint density at radius 3 is 3.27 bits per heavy atom. The maximum absolute atomic E-state index is 10.8. The summed E-state index contributed by atoms with van der Waals surface area (Å²) in [7, 11) is 1.87. The molecule has 2 aromatic rings. The van der Waals surface area contributed by atoms with Crippen LogP contribution in [0.3, 0.4) is 0 Å². The van der Waals surface area contributed by atoms with Gasteiger partial charge in [0.15, 0.2) is 0 Å². The predicted molar refractivity (Wildman–Crippen MR) is 41.3 cm³/mol. The zero-order valence-corrected chi connectivity index (χ0v) is 6.03. The lowest BCUT2D eigenvalue weighted by Gasteiger charge is -1.92. The highest BCUT2D eigenvalue weighted by Crippen LogP contribution is 2.06. The first kappa shape index (κ1) is 6.15. The van der Waals surface area contributed by atoms with Gasteiger partial charge >= 0.3 is 5.69 Å². The van der Waals surface area contributed by atoms with Crippen molar-refractivity contribution in [3.05, 3.63) is 28.9 Å². The lowest BCUT2D eigenvalue weighted by Crippen LogP contribution is -2.09. The van der Waals surface area contributed by atoms with E-state index >= 15 is 0 Å². The minimum Gasteiger partial charge on any atom is -0.337 e. The largest absolute Gasteiger partial charge is 0.346 e. The molecule has 0 aliphatic rings. The third kappa shape index (κ3) is 0.832. The van der Waals surface area contributed by atoms with E-state index in [2.05, 4.69) is 9.97 Å². The first-order valence-electron chi connectivity index (χ1n) is 3.28. The second-order valence-electron chi connectivity index (χ2n) is 2.42. The van der Waals surface area contributed by atoms with Crippen molar-refractivity contribution in [1.82, 2.24) is 14.5 Å². The van der Waals surface area contributed by atoms with Crippen LogP contribution < -0.4 is 5.69 Å². The summed E-state index contributed by atoms with van der Waals surface area (Å²) in [5.41, 5.74) is 0.504. The number of H-pyrrole nitrogens is 1. The molecule has 0 aliphatic heterocycles. The molecular formula is C7H7N3O. The van der Waals surface area contributed by atoms with Crippen molar-refractivity contribution in [2.45, 2.75) is 0 Å². The number of fused-ring (bicyclic) bond motifs is 1. The number of hydrogen-bond acceptors (Lipinski definition) is 2. The van der Waals surface area contributed by atoms with E-state index in [0.29, 0.717) is 0 Å². The summed E-state index contributed by atoms with van der Waals surface area (Å²) in [6.07, 6.45) is 3.44. The van der Waals surface area contributed by atoms with Crippen LogP contribution in [-0.4, -0.2) is 14.5 Å². The third-order valence-electron chi connectivity index (χ3n) is 1.65. The molecule has 0 spiro atoms. The lowest BCUT2D eigenvalue weighted by molar-refractivity contribution is 0.934. The molecule has 0 aromatic carbocycles. The number of aromatic nitrogens is 3. The van der Waals surface area contributed by atoms with Crippen LogP contribution in [0.5, 0.6) is 0 Å². The van der Waals surface area contributed by atoms with Gasteiger partial charge < -0.3 is 4.57 Å². The summed E-state index contributed by atoms with van der Waals surface area (Å²) < 4.78 is 1.85. The molecule has 2 aromatic heterocycles. The van der Waals surface area contributed by atoms with Gasteiger partial charge in [0.25, 0.3) is 0 Å². The maximum atomic E-state index is 10.8. The zero-order valence-electron chi connectivity index (χ0n) is 6.03. The molecule has 1 N–H and O–H groups in total. The van der Waals surface area contributed by atoms with E-state index in [9.17, 15) is 4.79 Å². The van der Waals surface area contributed by atoms with Gasteiger partial charge in [0.2, 0.25) is 0 Å². The van der Waals surface area contributed by atoms with Crippen LogP contribution in [0.15, 0.2) is 23.3 Å². The Kier molecular flexibility index (Phi) is 1.09. The highest BCUT2D eigenvalue weighted by Gasteiger charge is 1.96. The summed E-state index contributed by atoms with van der Waals surface area (Å²) in [6.45, 7) is 0. The fourth-order valence-corrected chi connectivity index (χ4v) is 1.08. The highest BCUT2D eigenvalue weighted by molar-refractivity contribution is 5.74. The van der Waals surface area contributed by atoms with Gasteiger partial charge in [-0.3, -0.25) is 4.98 Å². The maximum Gasteiger partial charge on any atom is 0.346 e. The van der Waals surface area contributed by atoms with Crippen LogP contribution in [0.2, 0.25) is 0 Å². The number of hydrogen-bond donors (Lipinski definition) is 1. The molecule has 0 fully saturated rings. The van der Waals surface area contributed by atoms with E-state index in [-0.39, 0.29) is 5.69 Å². The molecule has 4 nitrogen and oxygen atoms in total. The molecule has 56 valence electrons. The van der Waals surface area contributed by atoms with Crippen molar-refractivity contribution < 1.29 is 0 Å². The Morgan fingerprint density at radius 2 is 2.45 bits per heavy atom. The number of aryl methyl sites for hydroxylation is 1. The van der Waals surface area contributed by atoms with E-state index < -0.39 is 0 Å². The number of aromatic amines is 1. The van der Waals surface area contributed by atoms with Gasteiger partial charge in [-0.25, -0.2) is 9.78 Å². The second-order valence-corrected chi connectivity index (χ2v) is 2.42. The monoisotopic (exact) mass is 149 g/mol. The van der Waals surface area contributed by atoms with E-state index in [4.69, 9.17) is 0 Å². The zero-order chi connectivity index (χ0) is 7.84. The topological polar surface area (TPSA) is 50.7 Å². The molecule has 0 aliphatic carbocycles. The fourth-order valence-electron chi connectivity index (χ4n) is 1.08. The van der Waals surface area contributed by atoms with Crippen LogP contribution in [-0.2, 0) is 7.05 Å². The third-order valence-corrected chi connectivity index (χ3v) is 1.65. The summed E-state index contributed by atoms with van der Waals surface area (Å²) in [5, 5.41) is 0.951. The first-order valence-corrected chi connectivity index (χ1v) is 3.28. The minimum atomic E-state index is -0.306. The van der Waals surface area contributed by atoms with Crippen molar-refractivity contribution in [1.29, 1.82) is 0 Å². The summed E-state index contributed by atoms with van der Waals surface area (Å²) in [6, 6.07) is 1.90. The highest BCUT2D eigenvalue weighted by atomic mass is 16.1. The quantitative estimate of drug-likeness (QED) is 0.584. The van der Waals surface area contributed by atoms with Crippen molar-refractivity contribution in [3.8, 4) is 0 Å². The van der Waals surface area contributed by atoms with Gasteiger partial charge in [0, 0.05) is 24.8 Å². The Bertz CT molecular complexity index is 440. The van der Waals surface area contributed by atoms with E-state index in [1.807, 2.05) is 23.9 Å². The van der Waals surface area contributed by atoms with E-state index in [1.54, 1.807) is 6.20 Å². The van der Waals surface area contributed by atoms with Crippen LogP contribution in [0.25, 0.3) is 11.0 Å². The molecule has 11 heavy (non-hydrogen) atoms. The Morgan fingerprint density at radius 1 is 1.64 bits per heavy atom. The number of nitrogens with zero attached hydrogens (tertiary/aromatic N) is 2.